The highest BCUT2D eigenvalue weighted by Crippen LogP contribution is 2.12. The second-order valence-corrected chi connectivity index (χ2v) is 2.91. The summed E-state index contributed by atoms with van der Waals surface area (Å²) in [6, 6.07) is 0. The van der Waals surface area contributed by atoms with Gasteiger partial charge in [-0.05, 0) is 36.5 Å². The zero-order valence-corrected chi connectivity index (χ0v) is 7.67. The van der Waals surface area contributed by atoms with E-state index in [1.807, 2.05) is 12.4 Å². The number of aromatic nitrogens is 1. The smallest absolute Gasteiger partial charge is 0.0472 e. The van der Waals surface area contributed by atoms with Crippen molar-refractivity contribution in [2.75, 3.05) is 6.61 Å². The maximum Gasteiger partial charge on any atom is 0.0472 e. The van der Waals surface area contributed by atoms with E-state index in [1.165, 1.54) is 11.1 Å². The van der Waals surface area contributed by atoms with Gasteiger partial charge >= 0.3 is 0 Å². The molecular weight excluding hydrogens is 150 g/mol. The number of aryl methyl sites for hydroxylation is 1. The average molecular weight is 165 g/mol. The van der Waals surface area contributed by atoms with Crippen molar-refractivity contribution in [2.45, 2.75) is 26.7 Å². The molecule has 1 aromatic rings. The minimum atomic E-state index is 0.204. The summed E-state index contributed by atoms with van der Waals surface area (Å²) < 4.78 is 0. The monoisotopic (exact) mass is 165 g/mol. The third-order valence-corrected chi connectivity index (χ3v) is 2.19. The first-order valence-electron chi connectivity index (χ1n) is 4.32. The van der Waals surface area contributed by atoms with E-state index in [2.05, 4.69) is 18.8 Å². The Morgan fingerprint density at radius 1 is 1.33 bits per heavy atom. The van der Waals surface area contributed by atoms with E-state index in [0.717, 1.165) is 12.0 Å². The van der Waals surface area contributed by atoms with Crippen LogP contribution in [0.25, 0.3) is 0 Å². The van der Waals surface area contributed by atoms with Crippen LogP contribution in [-0.4, -0.2) is 16.7 Å². The van der Waals surface area contributed by atoms with E-state index in [0.29, 0.717) is 6.42 Å². The van der Waals surface area contributed by atoms with Crippen molar-refractivity contribution in [2.24, 2.45) is 0 Å². The van der Waals surface area contributed by atoms with Crippen molar-refractivity contribution in [1.82, 2.24) is 4.98 Å². The van der Waals surface area contributed by atoms with E-state index >= 15 is 0 Å². The van der Waals surface area contributed by atoms with Crippen molar-refractivity contribution in [1.29, 1.82) is 0 Å². The van der Waals surface area contributed by atoms with Gasteiger partial charge in [-0.1, -0.05) is 6.92 Å². The van der Waals surface area contributed by atoms with Crippen molar-refractivity contribution in [3.63, 3.8) is 0 Å². The van der Waals surface area contributed by atoms with Gasteiger partial charge in [0.15, 0.2) is 0 Å². The van der Waals surface area contributed by atoms with Crippen LogP contribution in [0.4, 0.5) is 0 Å². The van der Waals surface area contributed by atoms with E-state index in [9.17, 15) is 0 Å². The van der Waals surface area contributed by atoms with Gasteiger partial charge in [-0.15, -0.1) is 0 Å². The zero-order valence-electron chi connectivity index (χ0n) is 7.67. The predicted molar refractivity (Wildman–Crippen MR) is 49.1 cm³/mol. The summed E-state index contributed by atoms with van der Waals surface area (Å²) >= 11 is 0. The Morgan fingerprint density at radius 2 is 2.00 bits per heavy atom. The molecule has 0 radical (unpaired) electrons. The topological polar surface area (TPSA) is 33.1 Å². The van der Waals surface area contributed by atoms with E-state index in [1.54, 1.807) is 0 Å². The van der Waals surface area contributed by atoms with E-state index < -0.39 is 0 Å². The highest BCUT2D eigenvalue weighted by Gasteiger charge is 2.01. The predicted octanol–water partition coefficient (Wildman–Crippen LogP) is 1.49. The lowest BCUT2D eigenvalue weighted by Gasteiger charge is -2.07. The van der Waals surface area contributed by atoms with Gasteiger partial charge in [0.2, 0.25) is 0 Å². The Balaban J connectivity index is 2.97. The Kier molecular flexibility index (Phi) is 3.23. The largest absolute Gasteiger partial charge is 0.396 e. The first-order valence-corrected chi connectivity index (χ1v) is 4.32. The van der Waals surface area contributed by atoms with Crippen LogP contribution >= 0.6 is 0 Å². The minimum absolute atomic E-state index is 0.204. The molecule has 12 heavy (non-hydrogen) atoms. The molecule has 0 amide bonds. The molecule has 1 heterocycles. The van der Waals surface area contributed by atoms with Crippen LogP contribution in [0, 0.1) is 6.92 Å². The molecule has 0 aliphatic heterocycles. The van der Waals surface area contributed by atoms with Crippen molar-refractivity contribution in [3.05, 3.63) is 29.1 Å². The van der Waals surface area contributed by atoms with Gasteiger partial charge in [-0.25, -0.2) is 0 Å². The van der Waals surface area contributed by atoms with Gasteiger partial charge in [0.1, 0.15) is 0 Å². The van der Waals surface area contributed by atoms with Crippen LogP contribution < -0.4 is 0 Å². The standard InChI is InChI=1S/C10H15NO/c1-3-9-6-11-7-10(4-5-12)8(9)2/h6-7,12H,3-5H2,1-2H3. The third-order valence-electron chi connectivity index (χ3n) is 2.19. The highest BCUT2D eigenvalue weighted by molar-refractivity contribution is 5.30. The summed E-state index contributed by atoms with van der Waals surface area (Å²) in [6.07, 6.45) is 5.46. The molecule has 0 unspecified atom stereocenters. The van der Waals surface area contributed by atoms with Crippen LogP contribution in [0.2, 0.25) is 0 Å². The lowest BCUT2D eigenvalue weighted by molar-refractivity contribution is 0.299. The fourth-order valence-corrected chi connectivity index (χ4v) is 1.35. The van der Waals surface area contributed by atoms with Gasteiger partial charge in [-0.3, -0.25) is 4.98 Å². The summed E-state index contributed by atoms with van der Waals surface area (Å²) in [7, 11) is 0. The molecule has 0 bridgehead atoms. The number of aliphatic hydroxyl groups excluding tert-OH is 1. The molecular formula is C10H15NO. The highest BCUT2D eigenvalue weighted by atomic mass is 16.2. The molecule has 0 saturated heterocycles. The third kappa shape index (κ3) is 1.83. The Labute approximate surface area is 73.3 Å². The fourth-order valence-electron chi connectivity index (χ4n) is 1.35. The number of hydrogen-bond donors (Lipinski definition) is 1. The molecule has 1 rings (SSSR count). The van der Waals surface area contributed by atoms with Crippen molar-refractivity contribution in [3.8, 4) is 0 Å². The van der Waals surface area contributed by atoms with Crippen LogP contribution in [0.3, 0.4) is 0 Å². The zero-order chi connectivity index (χ0) is 8.97. The normalized spacial score (nSPS) is 10.2. The summed E-state index contributed by atoms with van der Waals surface area (Å²) in [5, 5.41) is 8.78. The van der Waals surface area contributed by atoms with Crippen LogP contribution in [0.1, 0.15) is 23.6 Å². The van der Waals surface area contributed by atoms with Gasteiger partial charge in [0.05, 0.1) is 0 Å². The van der Waals surface area contributed by atoms with Gasteiger partial charge < -0.3 is 5.11 Å². The van der Waals surface area contributed by atoms with Crippen molar-refractivity contribution >= 4 is 0 Å². The molecule has 66 valence electrons. The first-order chi connectivity index (χ1) is 5.79. The number of hydrogen-bond acceptors (Lipinski definition) is 2. The van der Waals surface area contributed by atoms with Gasteiger partial charge in [0, 0.05) is 19.0 Å². The second-order valence-electron chi connectivity index (χ2n) is 2.91. The van der Waals surface area contributed by atoms with Crippen LogP contribution in [-0.2, 0) is 12.8 Å². The molecule has 0 aromatic carbocycles. The molecule has 0 spiro atoms. The molecule has 0 fully saturated rings. The molecule has 1 aromatic heterocycles. The maximum absolute atomic E-state index is 8.78. The number of aliphatic hydroxyl groups is 1. The average Bonchev–Trinajstić information content (AvgIpc) is 2.09. The number of pyridine rings is 1. The van der Waals surface area contributed by atoms with Gasteiger partial charge in [-0.2, -0.15) is 0 Å². The molecule has 0 aliphatic rings. The fraction of sp³-hybridized carbons (Fsp3) is 0.500. The molecule has 2 heteroatoms. The Morgan fingerprint density at radius 3 is 2.58 bits per heavy atom. The van der Waals surface area contributed by atoms with Crippen molar-refractivity contribution < 1.29 is 5.11 Å². The quantitative estimate of drug-likeness (QED) is 0.736. The summed E-state index contributed by atoms with van der Waals surface area (Å²) in [4.78, 5) is 4.12. The lowest BCUT2D eigenvalue weighted by atomic mass is 10.0. The SMILES string of the molecule is CCc1cncc(CCO)c1C. The van der Waals surface area contributed by atoms with E-state index in [-0.39, 0.29) is 6.61 Å². The second kappa shape index (κ2) is 4.21. The number of nitrogens with zero attached hydrogens (tertiary/aromatic N) is 1. The molecule has 1 N–H and O–H groups in total. The Bertz CT molecular complexity index is 258. The molecule has 0 saturated carbocycles. The summed E-state index contributed by atoms with van der Waals surface area (Å²) in [6.45, 7) is 4.41. The summed E-state index contributed by atoms with van der Waals surface area (Å²) in [5.74, 6) is 0. The van der Waals surface area contributed by atoms with Gasteiger partial charge in [0.25, 0.3) is 0 Å². The minimum Gasteiger partial charge on any atom is -0.396 e. The van der Waals surface area contributed by atoms with Crippen LogP contribution in [0.5, 0.6) is 0 Å². The Hall–Kier alpha value is -0.890. The molecule has 2 nitrogen and oxygen atoms in total. The van der Waals surface area contributed by atoms with Crippen LogP contribution in [0.15, 0.2) is 12.4 Å². The molecule has 0 atom stereocenters. The van der Waals surface area contributed by atoms with E-state index in [4.69, 9.17) is 5.11 Å². The number of rotatable bonds is 3. The molecule has 0 aliphatic carbocycles. The first kappa shape index (κ1) is 9.20. The summed E-state index contributed by atoms with van der Waals surface area (Å²) in [5.41, 5.74) is 3.72. The lowest BCUT2D eigenvalue weighted by Crippen LogP contribution is -1.98. The maximum atomic E-state index is 8.78.